The molecule has 2 N–H and O–H groups in total. The Bertz CT molecular complexity index is 543. The van der Waals surface area contributed by atoms with E-state index >= 15 is 0 Å². The Kier molecular flexibility index (Phi) is 6.46. The van der Waals surface area contributed by atoms with Crippen LogP contribution in [0, 0.1) is 5.92 Å². The van der Waals surface area contributed by atoms with Crippen molar-refractivity contribution in [3.8, 4) is 0 Å². The molecule has 0 bridgehead atoms. The number of aromatic nitrogens is 1. The topological polar surface area (TPSA) is 45.1 Å². The molecule has 5 heteroatoms. The molecule has 1 heterocycles. The molecule has 0 saturated heterocycles. The third-order valence-electron chi connectivity index (χ3n) is 3.17. The Morgan fingerprint density at radius 2 is 1.90 bits per heavy atom. The SMILES string of the molecule is OCC(CNCc1cc(Cl)cc(Cl)c1)Cc1ccccn1. The average molecular weight is 325 g/mol. The smallest absolute Gasteiger partial charge is 0.0475 e. The van der Waals surface area contributed by atoms with Crippen LogP contribution in [0.2, 0.25) is 10.0 Å². The van der Waals surface area contributed by atoms with Gasteiger partial charge in [0.05, 0.1) is 0 Å². The van der Waals surface area contributed by atoms with Crippen LogP contribution in [0.15, 0.2) is 42.6 Å². The Balaban J connectivity index is 1.83. The highest BCUT2D eigenvalue weighted by Gasteiger charge is 2.09. The third kappa shape index (κ3) is 5.64. The first-order valence-corrected chi connectivity index (χ1v) is 7.59. The minimum Gasteiger partial charge on any atom is -0.396 e. The van der Waals surface area contributed by atoms with Gasteiger partial charge in [-0.15, -0.1) is 0 Å². The van der Waals surface area contributed by atoms with Crippen LogP contribution < -0.4 is 5.32 Å². The summed E-state index contributed by atoms with van der Waals surface area (Å²) in [6.45, 7) is 1.50. The lowest BCUT2D eigenvalue weighted by molar-refractivity contribution is 0.220. The minimum absolute atomic E-state index is 0.125. The van der Waals surface area contributed by atoms with Crippen LogP contribution in [-0.4, -0.2) is 23.2 Å². The number of halogens is 2. The summed E-state index contributed by atoms with van der Waals surface area (Å²) >= 11 is 11.9. The van der Waals surface area contributed by atoms with Gasteiger partial charge >= 0.3 is 0 Å². The summed E-state index contributed by atoms with van der Waals surface area (Å²) in [7, 11) is 0. The summed E-state index contributed by atoms with van der Waals surface area (Å²) < 4.78 is 0. The highest BCUT2D eigenvalue weighted by Crippen LogP contribution is 2.19. The first kappa shape index (κ1) is 16.2. The fourth-order valence-corrected chi connectivity index (χ4v) is 2.72. The summed E-state index contributed by atoms with van der Waals surface area (Å²) in [5.41, 5.74) is 2.02. The van der Waals surface area contributed by atoms with E-state index in [0.717, 1.165) is 17.7 Å². The lowest BCUT2D eigenvalue weighted by atomic mass is 10.0. The van der Waals surface area contributed by atoms with E-state index in [1.165, 1.54) is 0 Å². The third-order valence-corrected chi connectivity index (χ3v) is 3.60. The molecule has 2 rings (SSSR count). The minimum atomic E-state index is 0.125. The van der Waals surface area contributed by atoms with Gasteiger partial charge in [0.25, 0.3) is 0 Å². The normalized spacial score (nSPS) is 12.3. The molecule has 1 atom stereocenters. The molecule has 0 amide bonds. The van der Waals surface area contributed by atoms with Crippen molar-refractivity contribution >= 4 is 23.2 Å². The second kappa shape index (κ2) is 8.35. The molecule has 1 aromatic heterocycles. The molecule has 0 aliphatic rings. The average Bonchev–Trinajstić information content (AvgIpc) is 2.46. The van der Waals surface area contributed by atoms with Crippen molar-refractivity contribution in [3.63, 3.8) is 0 Å². The predicted octanol–water partition coefficient (Wildman–Crippen LogP) is 3.33. The Hall–Kier alpha value is -1.13. The Labute approximate surface area is 134 Å². The molecule has 0 spiro atoms. The van der Waals surface area contributed by atoms with Crippen molar-refractivity contribution in [2.75, 3.05) is 13.2 Å². The molecule has 21 heavy (non-hydrogen) atoms. The van der Waals surface area contributed by atoms with Crippen molar-refractivity contribution in [1.29, 1.82) is 0 Å². The summed E-state index contributed by atoms with van der Waals surface area (Å²) in [5.74, 6) is 0.134. The number of nitrogens with zero attached hydrogens (tertiary/aromatic N) is 1. The number of aliphatic hydroxyl groups is 1. The van der Waals surface area contributed by atoms with Crippen LogP contribution >= 0.6 is 23.2 Å². The fraction of sp³-hybridized carbons (Fsp3) is 0.312. The highest BCUT2D eigenvalue weighted by atomic mass is 35.5. The molecular weight excluding hydrogens is 307 g/mol. The lowest BCUT2D eigenvalue weighted by Gasteiger charge is -2.15. The van der Waals surface area contributed by atoms with Gasteiger partial charge in [-0.25, -0.2) is 0 Å². The van der Waals surface area contributed by atoms with Crippen molar-refractivity contribution in [2.45, 2.75) is 13.0 Å². The number of hydrogen-bond acceptors (Lipinski definition) is 3. The lowest BCUT2D eigenvalue weighted by Crippen LogP contribution is -2.26. The predicted molar refractivity (Wildman–Crippen MR) is 86.7 cm³/mol. The van der Waals surface area contributed by atoms with Gasteiger partial charge in [-0.05, 0) is 48.2 Å². The first-order valence-electron chi connectivity index (χ1n) is 6.84. The van der Waals surface area contributed by atoms with E-state index in [1.54, 1.807) is 12.3 Å². The quantitative estimate of drug-likeness (QED) is 0.821. The number of benzene rings is 1. The van der Waals surface area contributed by atoms with Gasteiger partial charge in [0.2, 0.25) is 0 Å². The van der Waals surface area contributed by atoms with E-state index in [-0.39, 0.29) is 12.5 Å². The van der Waals surface area contributed by atoms with E-state index in [9.17, 15) is 5.11 Å². The number of rotatable bonds is 7. The summed E-state index contributed by atoms with van der Waals surface area (Å²) in [5, 5.41) is 14.0. The molecule has 0 aliphatic heterocycles. The molecule has 0 radical (unpaired) electrons. The van der Waals surface area contributed by atoms with Crippen LogP contribution in [0.25, 0.3) is 0 Å². The van der Waals surface area contributed by atoms with Crippen LogP contribution in [0.5, 0.6) is 0 Å². The molecule has 2 aromatic rings. The van der Waals surface area contributed by atoms with Gasteiger partial charge < -0.3 is 10.4 Å². The van der Waals surface area contributed by atoms with Gasteiger partial charge in [0, 0.05) is 41.6 Å². The van der Waals surface area contributed by atoms with E-state index < -0.39 is 0 Å². The van der Waals surface area contributed by atoms with Gasteiger partial charge in [-0.2, -0.15) is 0 Å². The van der Waals surface area contributed by atoms with E-state index in [2.05, 4.69) is 10.3 Å². The molecule has 3 nitrogen and oxygen atoms in total. The maximum atomic E-state index is 9.46. The van der Waals surface area contributed by atoms with Crippen molar-refractivity contribution < 1.29 is 5.11 Å². The zero-order chi connectivity index (χ0) is 15.1. The fourth-order valence-electron chi connectivity index (χ4n) is 2.15. The first-order chi connectivity index (χ1) is 10.2. The number of nitrogens with one attached hydrogen (secondary N) is 1. The van der Waals surface area contributed by atoms with Crippen LogP contribution in [0.1, 0.15) is 11.3 Å². The zero-order valence-corrected chi connectivity index (χ0v) is 13.1. The van der Waals surface area contributed by atoms with Crippen molar-refractivity contribution in [3.05, 3.63) is 63.9 Å². The molecule has 1 aromatic carbocycles. The second-order valence-corrected chi connectivity index (χ2v) is 5.86. The summed E-state index contributed by atoms with van der Waals surface area (Å²) in [6, 6.07) is 11.3. The summed E-state index contributed by atoms with van der Waals surface area (Å²) in [4.78, 5) is 4.28. The largest absolute Gasteiger partial charge is 0.396 e. The Morgan fingerprint density at radius 1 is 1.14 bits per heavy atom. The number of hydrogen-bond donors (Lipinski definition) is 2. The van der Waals surface area contributed by atoms with Gasteiger partial charge in [0.1, 0.15) is 0 Å². The van der Waals surface area contributed by atoms with E-state index in [4.69, 9.17) is 23.2 Å². The molecule has 112 valence electrons. The van der Waals surface area contributed by atoms with Crippen molar-refractivity contribution in [1.82, 2.24) is 10.3 Å². The maximum absolute atomic E-state index is 9.46. The highest BCUT2D eigenvalue weighted by molar-refractivity contribution is 6.34. The van der Waals surface area contributed by atoms with Crippen LogP contribution in [0.3, 0.4) is 0 Å². The van der Waals surface area contributed by atoms with Gasteiger partial charge in [-0.3, -0.25) is 4.98 Å². The van der Waals surface area contributed by atoms with Crippen LogP contribution in [-0.2, 0) is 13.0 Å². The number of pyridine rings is 1. The van der Waals surface area contributed by atoms with Gasteiger partial charge in [0.15, 0.2) is 0 Å². The standard InChI is InChI=1S/C16H18Cl2N2O/c17-14-5-12(6-15(18)8-14)9-19-10-13(11-21)7-16-3-1-2-4-20-16/h1-6,8,13,19,21H,7,9-11H2. The molecule has 0 saturated carbocycles. The molecule has 0 aliphatic carbocycles. The second-order valence-electron chi connectivity index (χ2n) is 4.98. The van der Waals surface area contributed by atoms with Gasteiger partial charge in [-0.1, -0.05) is 29.3 Å². The zero-order valence-electron chi connectivity index (χ0n) is 11.6. The molecular formula is C16H18Cl2N2O. The van der Waals surface area contributed by atoms with Crippen LogP contribution in [0.4, 0.5) is 0 Å². The van der Waals surface area contributed by atoms with E-state index in [0.29, 0.717) is 23.1 Å². The monoisotopic (exact) mass is 324 g/mol. The maximum Gasteiger partial charge on any atom is 0.0475 e. The molecule has 0 fully saturated rings. The summed E-state index contributed by atoms with van der Waals surface area (Å²) in [6.07, 6.45) is 2.52. The van der Waals surface area contributed by atoms with Crippen molar-refractivity contribution in [2.24, 2.45) is 5.92 Å². The van der Waals surface area contributed by atoms with E-state index in [1.807, 2.05) is 30.3 Å². The Morgan fingerprint density at radius 3 is 2.52 bits per heavy atom. The molecule has 1 unspecified atom stereocenters. The number of aliphatic hydroxyl groups excluding tert-OH is 1.